The first-order valence-corrected chi connectivity index (χ1v) is 9.90. The van der Waals surface area contributed by atoms with E-state index in [1.54, 1.807) is 19.2 Å². The lowest BCUT2D eigenvalue weighted by atomic mass is 9.91. The second-order valence-electron chi connectivity index (χ2n) is 7.45. The Labute approximate surface area is 182 Å². The number of allylic oxidation sites excluding steroid dienone is 2. The number of hydrogen-bond acceptors (Lipinski definition) is 7. The van der Waals surface area contributed by atoms with Crippen molar-refractivity contribution >= 4 is 5.78 Å². The molecule has 2 aromatic carbocycles. The molecular formula is C24H28O7. The smallest absolute Gasteiger partial charge is 0.174 e. The number of phenols is 1. The largest absolute Gasteiger partial charge is 0.507 e. The maximum absolute atomic E-state index is 13.1. The monoisotopic (exact) mass is 428 g/mol. The molecule has 31 heavy (non-hydrogen) atoms. The molecule has 1 N–H and O–H groups in total. The normalized spacial score (nSPS) is 14.9. The third kappa shape index (κ3) is 4.26. The zero-order chi connectivity index (χ0) is 22.7. The van der Waals surface area contributed by atoms with Crippen LogP contribution in [0.1, 0.15) is 47.9 Å². The van der Waals surface area contributed by atoms with Gasteiger partial charge in [-0.25, -0.2) is 0 Å². The first-order valence-electron chi connectivity index (χ1n) is 9.90. The van der Waals surface area contributed by atoms with Gasteiger partial charge in [0.25, 0.3) is 0 Å². The van der Waals surface area contributed by atoms with E-state index in [-0.39, 0.29) is 23.5 Å². The van der Waals surface area contributed by atoms with Gasteiger partial charge in [0.05, 0.1) is 40.4 Å². The van der Waals surface area contributed by atoms with E-state index >= 15 is 0 Å². The van der Waals surface area contributed by atoms with Crippen molar-refractivity contribution in [3.63, 3.8) is 0 Å². The Morgan fingerprint density at radius 2 is 1.65 bits per heavy atom. The Balaban J connectivity index is 2.18. The van der Waals surface area contributed by atoms with Gasteiger partial charge in [0.15, 0.2) is 5.78 Å². The van der Waals surface area contributed by atoms with E-state index in [1.165, 1.54) is 27.4 Å². The Kier molecular flexibility index (Phi) is 6.63. The molecule has 0 fully saturated rings. The minimum Gasteiger partial charge on any atom is -0.507 e. The third-order valence-corrected chi connectivity index (χ3v) is 5.24. The lowest BCUT2D eigenvalue weighted by Crippen LogP contribution is -2.23. The molecule has 0 radical (unpaired) electrons. The number of ketones is 1. The van der Waals surface area contributed by atoms with E-state index in [4.69, 9.17) is 23.7 Å². The number of rotatable bonds is 7. The van der Waals surface area contributed by atoms with Crippen LogP contribution in [0.15, 0.2) is 29.8 Å². The molecule has 0 spiro atoms. The Morgan fingerprint density at radius 3 is 2.16 bits per heavy atom. The van der Waals surface area contributed by atoms with Crippen LogP contribution in [0.4, 0.5) is 0 Å². The van der Waals surface area contributed by atoms with Crippen molar-refractivity contribution in [2.45, 2.75) is 32.8 Å². The predicted molar refractivity (Wildman–Crippen MR) is 116 cm³/mol. The van der Waals surface area contributed by atoms with Crippen LogP contribution < -0.4 is 23.7 Å². The molecule has 0 aromatic heterocycles. The highest BCUT2D eigenvalue weighted by Crippen LogP contribution is 2.49. The van der Waals surface area contributed by atoms with Gasteiger partial charge in [-0.3, -0.25) is 4.79 Å². The minimum absolute atomic E-state index is 0.0218. The zero-order valence-electron chi connectivity index (χ0n) is 18.7. The van der Waals surface area contributed by atoms with Crippen molar-refractivity contribution in [2.75, 3.05) is 28.4 Å². The summed E-state index contributed by atoms with van der Waals surface area (Å²) in [6, 6.07) is 4.89. The van der Waals surface area contributed by atoms with Crippen molar-refractivity contribution < 1.29 is 33.6 Å². The summed E-state index contributed by atoms with van der Waals surface area (Å²) in [5.41, 5.74) is 2.57. The fraction of sp³-hybridized carbons (Fsp3) is 0.375. The summed E-state index contributed by atoms with van der Waals surface area (Å²) in [5, 5.41) is 10.5. The van der Waals surface area contributed by atoms with Gasteiger partial charge < -0.3 is 28.8 Å². The topological polar surface area (TPSA) is 83.5 Å². The van der Waals surface area contributed by atoms with E-state index in [9.17, 15) is 9.90 Å². The number of phenolic OH excluding ortho intramolecular Hbond substituents is 1. The number of carbonyl (C=O) groups is 1. The van der Waals surface area contributed by atoms with Gasteiger partial charge in [0.1, 0.15) is 46.2 Å². The van der Waals surface area contributed by atoms with E-state index in [0.717, 1.165) is 5.57 Å². The van der Waals surface area contributed by atoms with Crippen molar-refractivity contribution in [1.29, 1.82) is 0 Å². The van der Waals surface area contributed by atoms with Crippen molar-refractivity contribution in [2.24, 2.45) is 0 Å². The molecule has 0 amide bonds. The molecule has 2 aromatic rings. The van der Waals surface area contributed by atoms with E-state index in [2.05, 4.69) is 0 Å². The van der Waals surface area contributed by atoms with Gasteiger partial charge in [-0.15, -0.1) is 0 Å². The Morgan fingerprint density at radius 1 is 1.03 bits per heavy atom. The molecule has 7 nitrogen and oxygen atoms in total. The zero-order valence-corrected chi connectivity index (χ0v) is 18.7. The highest BCUT2D eigenvalue weighted by Gasteiger charge is 2.36. The van der Waals surface area contributed by atoms with Gasteiger partial charge in [0.2, 0.25) is 0 Å². The average Bonchev–Trinajstić information content (AvgIpc) is 2.76. The molecule has 166 valence electrons. The van der Waals surface area contributed by atoms with Crippen LogP contribution in [0.3, 0.4) is 0 Å². The number of methoxy groups -OCH3 is 4. The van der Waals surface area contributed by atoms with Gasteiger partial charge in [-0.2, -0.15) is 0 Å². The lowest BCUT2D eigenvalue weighted by molar-refractivity contribution is 0.0835. The first kappa shape index (κ1) is 22.3. The molecule has 1 unspecified atom stereocenters. The summed E-state index contributed by atoms with van der Waals surface area (Å²) in [7, 11) is 6.14. The fourth-order valence-electron chi connectivity index (χ4n) is 3.71. The van der Waals surface area contributed by atoms with Gasteiger partial charge >= 0.3 is 0 Å². The third-order valence-electron chi connectivity index (χ3n) is 5.24. The summed E-state index contributed by atoms with van der Waals surface area (Å²) in [6.07, 6.45) is 1.85. The molecule has 3 rings (SSSR count). The van der Waals surface area contributed by atoms with Crippen LogP contribution in [0.5, 0.6) is 34.5 Å². The van der Waals surface area contributed by atoms with E-state index in [1.807, 2.05) is 19.9 Å². The number of fused-ring (bicyclic) bond motifs is 1. The standard InChI is InChI=1S/C24H28O7/c1-13(2)7-8-15-18(28-4)11-16(25)22-17(26)12-21(31-24(15)22)23-19(29-5)9-14(27-3)10-20(23)30-6/h7,9-11,21,25H,8,12H2,1-6H3. The lowest BCUT2D eigenvalue weighted by Gasteiger charge is -2.30. The molecule has 1 atom stereocenters. The first-order chi connectivity index (χ1) is 14.8. The summed E-state index contributed by atoms with van der Waals surface area (Å²) < 4.78 is 28.2. The highest BCUT2D eigenvalue weighted by molar-refractivity contribution is 6.03. The van der Waals surface area contributed by atoms with Crippen LogP contribution >= 0.6 is 0 Å². The molecule has 7 heteroatoms. The minimum atomic E-state index is -0.673. The number of aromatic hydroxyl groups is 1. The molecule has 0 aliphatic carbocycles. The Hall–Kier alpha value is -3.35. The van der Waals surface area contributed by atoms with E-state index in [0.29, 0.717) is 46.3 Å². The van der Waals surface area contributed by atoms with Crippen LogP contribution in [-0.2, 0) is 6.42 Å². The molecule has 1 heterocycles. The van der Waals surface area contributed by atoms with Gasteiger partial charge in [0, 0.05) is 23.8 Å². The van der Waals surface area contributed by atoms with Crippen LogP contribution in [0, 0.1) is 0 Å². The fourth-order valence-corrected chi connectivity index (χ4v) is 3.71. The molecule has 0 bridgehead atoms. The van der Waals surface area contributed by atoms with E-state index < -0.39 is 6.10 Å². The molecular weight excluding hydrogens is 400 g/mol. The maximum Gasteiger partial charge on any atom is 0.174 e. The maximum atomic E-state index is 13.1. The predicted octanol–water partition coefficient (Wildman–Crippen LogP) is 4.64. The SMILES string of the molecule is COc1cc(OC)c(C2CC(=O)c3c(O)cc(OC)c(CC=C(C)C)c3O2)c(OC)c1. The highest BCUT2D eigenvalue weighted by atomic mass is 16.5. The molecule has 0 saturated heterocycles. The molecule has 1 aliphatic rings. The Bertz CT molecular complexity index is 994. The quantitative estimate of drug-likeness (QED) is 0.643. The second kappa shape index (κ2) is 9.20. The van der Waals surface area contributed by atoms with Gasteiger partial charge in [-0.05, 0) is 20.3 Å². The summed E-state index contributed by atoms with van der Waals surface area (Å²) in [4.78, 5) is 13.1. The second-order valence-corrected chi connectivity index (χ2v) is 7.45. The summed E-state index contributed by atoms with van der Waals surface area (Å²) in [6.45, 7) is 3.97. The number of Topliss-reactive ketones (excluding diaryl/α,β-unsaturated/α-hetero) is 1. The number of carbonyl (C=O) groups excluding carboxylic acids is 1. The summed E-state index contributed by atoms with van der Waals surface area (Å²) in [5.74, 6) is 1.90. The van der Waals surface area contributed by atoms with Crippen molar-refractivity contribution in [3.05, 3.63) is 46.5 Å². The number of benzene rings is 2. The number of ether oxygens (including phenoxy) is 5. The molecule has 1 aliphatic heterocycles. The van der Waals surface area contributed by atoms with Crippen molar-refractivity contribution in [1.82, 2.24) is 0 Å². The van der Waals surface area contributed by atoms with Crippen LogP contribution in [0.25, 0.3) is 0 Å². The average molecular weight is 428 g/mol. The van der Waals surface area contributed by atoms with Gasteiger partial charge in [-0.1, -0.05) is 11.6 Å². The molecule has 0 saturated carbocycles. The van der Waals surface area contributed by atoms with Crippen molar-refractivity contribution in [3.8, 4) is 34.5 Å². The summed E-state index contributed by atoms with van der Waals surface area (Å²) >= 11 is 0. The number of hydrogen-bond donors (Lipinski definition) is 1. The van der Waals surface area contributed by atoms with Crippen LogP contribution in [-0.4, -0.2) is 39.3 Å². The van der Waals surface area contributed by atoms with Crippen LogP contribution in [0.2, 0.25) is 0 Å².